The van der Waals surface area contributed by atoms with Crippen molar-refractivity contribution in [3.05, 3.63) is 47.6 Å². The average molecular weight is 246 g/mol. The molecule has 0 bridgehead atoms. The van der Waals surface area contributed by atoms with Crippen LogP contribution in [0, 0.1) is 0 Å². The van der Waals surface area contributed by atoms with Gasteiger partial charge in [0.2, 0.25) is 0 Å². The van der Waals surface area contributed by atoms with Gasteiger partial charge in [0.05, 0.1) is 0 Å². The fraction of sp³-hybridized carbons (Fsp3) is 0.154. The van der Waals surface area contributed by atoms with Gasteiger partial charge >= 0.3 is 0 Å². The fourth-order valence-electron chi connectivity index (χ4n) is 1.61. The van der Waals surface area contributed by atoms with Crippen molar-refractivity contribution in [2.45, 2.75) is 12.8 Å². The number of hydrogen-bond acceptors (Lipinski definition) is 3. The highest BCUT2D eigenvalue weighted by molar-refractivity contribution is 7.81. The number of rotatable bonds is 2. The highest BCUT2D eigenvalue weighted by Gasteiger charge is 2.15. The molecule has 2 rings (SSSR count). The molecule has 0 atom stereocenters. The number of carbonyl (C=O) groups excluding carboxylic acids is 1. The Morgan fingerprint density at radius 2 is 1.38 bits per heavy atom. The summed E-state index contributed by atoms with van der Waals surface area (Å²) < 4.78 is 0. The molecule has 1 nitrogen and oxygen atoms in total. The monoisotopic (exact) mass is 246 g/mol. The maximum Gasteiger partial charge on any atom is 0.193 e. The second-order valence-corrected chi connectivity index (χ2v) is 4.72. The molecule has 0 fully saturated rings. The van der Waals surface area contributed by atoms with Crippen molar-refractivity contribution in [2.75, 3.05) is 0 Å². The second-order valence-electron chi connectivity index (χ2n) is 3.67. The topological polar surface area (TPSA) is 17.1 Å². The van der Waals surface area contributed by atoms with E-state index in [1.807, 2.05) is 24.3 Å². The number of thiocarbonyl (C=S) groups is 2. The molecule has 16 heavy (non-hydrogen) atoms. The standard InChI is InChI=1S/C13H10OS2/c14-13(9-3-1-5-11(15)7-9)10-4-2-6-12(16)8-10/h1-4,7-8H,5-6H2. The zero-order valence-electron chi connectivity index (χ0n) is 8.60. The summed E-state index contributed by atoms with van der Waals surface area (Å²) in [4.78, 5) is 13.7. The van der Waals surface area contributed by atoms with Crippen molar-refractivity contribution < 1.29 is 4.79 Å². The summed E-state index contributed by atoms with van der Waals surface area (Å²) in [6.45, 7) is 0. The van der Waals surface area contributed by atoms with Crippen LogP contribution in [-0.2, 0) is 4.79 Å². The van der Waals surface area contributed by atoms with Gasteiger partial charge in [0.15, 0.2) is 5.78 Å². The predicted octanol–water partition coefficient (Wildman–Crippen LogP) is 3.07. The highest BCUT2D eigenvalue weighted by Crippen LogP contribution is 2.17. The Hall–Kier alpha value is -1.19. The highest BCUT2D eigenvalue weighted by atomic mass is 32.1. The minimum atomic E-state index is -0.00315. The number of ketones is 1. The molecule has 0 aromatic heterocycles. The van der Waals surface area contributed by atoms with Crippen LogP contribution in [0.2, 0.25) is 0 Å². The summed E-state index contributed by atoms with van der Waals surface area (Å²) >= 11 is 10.2. The van der Waals surface area contributed by atoms with Crippen LogP contribution >= 0.6 is 24.4 Å². The summed E-state index contributed by atoms with van der Waals surface area (Å²) in [7, 11) is 0. The summed E-state index contributed by atoms with van der Waals surface area (Å²) in [5.74, 6) is -0.00315. The van der Waals surface area contributed by atoms with Crippen LogP contribution in [0.1, 0.15) is 12.8 Å². The summed E-state index contributed by atoms with van der Waals surface area (Å²) in [5, 5.41) is 0. The number of allylic oxidation sites excluding steroid dienone is 8. The molecule has 80 valence electrons. The Morgan fingerprint density at radius 1 is 0.938 bits per heavy atom. The first-order chi connectivity index (χ1) is 7.66. The molecule has 2 aliphatic carbocycles. The lowest BCUT2D eigenvalue weighted by molar-refractivity contribution is -0.111. The van der Waals surface area contributed by atoms with Gasteiger partial charge in [0, 0.05) is 33.7 Å². The van der Waals surface area contributed by atoms with E-state index >= 15 is 0 Å². The summed E-state index contributed by atoms with van der Waals surface area (Å²) in [5.41, 5.74) is 1.30. The summed E-state index contributed by atoms with van der Waals surface area (Å²) in [6.07, 6.45) is 12.5. The second kappa shape index (κ2) is 4.76. The van der Waals surface area contributed by atoms with Crippen molar-refractivity contribution in [2.24, 2.45) is 0 Å². The Kier molecular flexibility index (Phi) is 3.36. The Bertz CT molecular complexity index is 446. The van der Waals surface area contributed by atoms with Crippen molar-refractivity contribution in [3.63, 3.8) is 0 Å². The largest absolute Gasteiger partial charge is 0.289 e. The first kappa shape index (κ1) is 11.3. The van der Waals surface area contributed by atoms with Crippen LogP contribution in [0.15, 0.2) is 47.6 Å². The van der Waals surface area contributed by atoms with E-state index < -0.39 is 0 Å². The van der Waals surface area contributed by atoms with Gasteiger partial charge in [-0.15, -0.1) is 0 Å². The number of Topliss-reactive ketones (excluding diaryl/α,β-unsaturated/α-hetero) is 1. The van der Waals surface area contributed by atoms with Crippen LogP contribution in [0.5, 0.6) is 0 Å². The van der Waals surface area contributed by atoms with Gasteiger partial charge in [0.1, 0.15) is 0 Å². The van der Waals surface area contributed by atoms with E-state index in [4.69, 9.17) is 24.4 Å². The quantitative estimate of drug-likeness (QED) is 0.697. The van der Waals surface area contributed by atoms with Gasteiger partial charge in [-0.1, -0.05) is 48.7 Å². The first-order valence-electron chi connectivity index (χ1n) is 5.03. The average Bonchev–Trinajstić information content (AvgIpc) is 2.28. The Morgan fingerprint density at radius 3 is 1.75 bits per heavy atom. The van der Waals surface area contributed by atoms with E-state index in [9.17, 15) is 4.79 Å². The smallest absolute Gasteiger partial charge is 0.193 e. The van der Waals surface area contributed by atoms with Crippen molar-refractivity contribution in [1.82, 2.24) is 0 Å². The lowest BCUT2D eigenvalue weighted by atomic mass is 9.95. The third-order valence-corrected chi connectivity index (χ3v) is 2.96. The number of hydrogen-bond donors (Lipinski definition) is 0. The van der Waals surface area contributed by atoms with Crippen LogP contribution in [0.25, 0.3) is 0 Å². The maximum absolute atomic E-state index is 12.1. The van der Waals surface area contributed by atoms with E-state index in [1.165, 1.54) is 0 Å². The van der Waals surface area contributed by atoms with Gasteiger partial charge in [-0.05, 0) is 12.2 Å². The molecule has 0 aromatic rings. The van der Waals surface area contributed by atoms with E-state index in [-0.39, 0.29) is 5.78 Å². The molecule has 0 radical (unpaired) electrons. The van der Waals surface area contributed by atoms with Crippen LogP contribution < -0.4 is 0 Å². The van der Waals surface area contributed by atoms with Gasteiger partial charge in [-0.2, -0.15) is 0 Å². The lowest BCUT2D eigenvalue weighted by Crippen LogP contribution is -2.10. The molecule has 0 amide bonds. The van der Waals surface area contributed by atoms with Crippen molar-refractivity contribution >= 4 is 39.9 Å². The lowest BCUT2D eigenvalue weighted by Gasteiger charge is -2.10. The Labute approximate surface area is 105 Å². The zero-order valence-corrected chi connectivity index (χ0v) is 10.2. The molecule has 0 N–H and O–H groups in total. The van der Waals surface area contributed by atoms with E-state index in [2.05, 4.69) is 0 Å². The van der Waals surface area contributed by atoms with Crippen LogP contribution in [0.4, 0.5) is 0 Å². The molecule has 0 aliphatic heterocycles. The zero-order chi connectivity index (χ0) is 11.5. The molecule has 0 saturated carbocycles. The van der Waals surface area contributed by atoms with Gasteiger partial charge in [0.25, 0.3) is 0 Å². The minimum absolute atomic E-state index is 0.00315. The third kappa shape index (κ3) is 2.49. The molecule has 3 heteroatoms. The molecular weight excluding hydrogens is 236 g/mol. The molecule has 0 aromatic carbocycles. The molecular formula is C13H10OS2. The normalized spacial score (nSPS) is 19.5. The molecule has 0 heterocycles. The molecule has 0 spiro atoms. The van der Waals surface area contributed by atoms with Crippen molar-refractivity contribution in [3.8, 4) is 0 Å². The maximum atomic E-state index is 12.1. The van der Waals surface area contributed by atoms with Crippen molar-refractivity contribution in [1.29, 1.82) is 0 Å². The molecule has 0 unspecified atom stereocenters. The van der Waals surface area contributed by atoms with Gasteiger partial charge < -0.3 is 0 Å². The minimum Gasteiger partial charge on any atom is -0.289 e. The Balaban J connectivity index is 2.26. The predicted molar refractivity (Wildman–Crippen MR) is 73.9 cm³/mol. The van der Waals surface area contributed by atoms with E-state index in [1.54, 1.807) is 12.2 Å². The third-order valence-electron chi connectivity index (χ3n) is 2.39. The first-order valence-corrected chi connectivity index (χ1v) is 5.85. The van der Waals surface area contributed by atoms with Gasteiger partial charge in [-0.25, -0.2) is 0 Å². The van der Waals surface area contributed by atoms with E-state index in [0.29, 0.717) is 11.1 Å². The van der Waals surface area contributed by atoms with Crippen LogP contribution in [0.3, 0.4) is 0 Å². The molecule has 0 saturated heterocycles. The summed E-state index contributed by atoms with van der Waals surface area (Å²) in [6, 6.07) is 0. The van der Waals surface area contributed by atoms with Crippen LogP contribution in [-0.4, -0.2) is 15.5 Å². The van der Waals surface area contributed by atoms with E-state index in [0.717, 1.165) is 22.6 Å². The SMILES string of the molecule is O=C(C1=CC(=S)CC=C1)C1=CC(=S)CC=C1. The molecule has 2 aliphatic rings. The fourth-order valence-corrected chi connectivity index (χ4v) is 2.06. The van der Waals surface area contributed by atoms with Gasteiger partial charge in [-0.3, -0.25) is 4.79 Å². The number of carbonyl (C=O) groups is 1.